The highest BCUT2D eigenvalue weighted by Crippen LogP contribution is 2.30. The van der Waals surface area contributed by atoms with Crippen molar-refractivity contribution in [1.29, 1.82) is 0 Å². The average Bonchev–Trinajstić information content (AvgIpc) is 2.72. The average molecular weight is 274 g/mol. The molecule has 0 radical (unpaired) electrons. The lowest BCUT2D eigenvalue weighted by Gasteiger charge is -2.27. The van der Waals surface area contributed by atoms with Crippen molar-refractivity contribution >= 4 is 5.69 Å². The summed E-state index contributed by atoms with van der Waals surface area (Å²) in [4.78, 5) is 9.63. The van der Waals surface area contributed by atoms with E-state index in [0.717, 1.165) is 31.2 Å². The fourth-order valence-electron chi connectivity index (χ4n) is 3.56. The Kier molecular flexibility index (Phi) is 3.94. The van der Waals surface area contributed by atoms with Crippen molar-refractivity contribution in [2.24, 2.45) is 5.73 Å². The third-order valence-corrected chi connectivity index (χ3v) is 5.10. The SMILES string of the molecule is CCC(N)c1ccc(N2CCC3CCC(C2)N3C)cn1. The first kappa shape index (κ1) is 13.8. The zero-order valence-electron chi connectivity index (χ0n) is 12.6. The van der Waals surface area contributed by atoms with Gasteiger partial charge in [0.1, 0.15) is 0 Å². The Labute approximate surface area is 122 Å². The quantitative estimate of drug-likeness (QED) is 0.917. The van der Waals surface area contributed by atoms with Gasteiger partial charge in [-0.15, -0.1) is 0 Å². The van der Waals surface area contributed by atoms with Crippen molar-refractivity contribution in [3.8, 4) is 0 Å². The predicted molar refractivity (Wildman–Crippen MR) is 82.9 cm³/mol. The number of rotatable bonds is 3. The van der Waals surface area contributed by atoms with Gasteiger partial charge < -0.3 is 10.6 Å². The van der Waals surface area contributed by atoms with Crippen LogP contribution in [0.15, 0.2) is 18.3 Å². The van der Waals surface area contributed by atoms with Crippen LogP contribution in [-0.2, 0) is 0 Å². The Morgan fingerprint density at radius 2 is 2.10 bits per heavy atom. The Morgan fingerprint density at radius 1 is 1.30 bits per heavy atom. The van der Waals surface area contributed by atoms with Crippen molar-refractivity contribution in [2.45, 2.75) is 50.7 Å². The van der Waals surface area contributed by atoms with Gasteiger partial charge >= 0.3 is 0 Å². The zero-order chi connectivity index (χ0) is 14.1. The minimum atomic E-state index is 0.0651. The molecule has 4 heteroatoms. The summed E-state index contributed by atoms with van der Waals surface area (Å²) in [7, 11) is 2.29. The topological polar surface area (TPSA) is 45.4 Å². The fraction of sp³-hybridized carbons (Fsp3) is 0.688. The van der Waals surface area contributed by atoms with Crippen LogP contribution in [-0.4, -0.2) is 42.1 Å². The summed E-state index contributed by atoms with van der Waals surface area (Å²) in [5.74, 6) is 0. The van der Waals surface area contributed by atoms with Crippen LogP contribution in [0.5, 0.6) is 0 Å². The maximum atomic E-state index is 6.03. The molecule has 0 amide bonds. The van der Waals surface area contributed by atoms with Crippen molar-refractivity contribution in [1.82, 2.24) is 9.88 Å². The summed E-state index contributed by atoms with van der Waals surface area (Å²) in [6.07, 6.45) is 6.92. The van der Waals surface area contributed by atoms with E-state index in [1.54, 1.807) is 0 Å². The minimum Gasteiger partial charge on any atom is -0.369 e. The molecular formula is C16H26N4. The van der Waals surface area contributed by atoms with Crippen LogP contribution in [0.1, 0.15) is 44.3 Å². The molecule has 3 unspecified atom stereocenters. The number of hydrogen-bond acceptors (Lipinski definition) is 4. The van der Waals surface area contributed by atoms with E-state index in [1.165, 1.54) is 24.9 Å². The van der Waals surface area contributed by atoms with Crippen LogP contribution in [0, 0.1) is 0 Å². The molecule has 0 saturated carbocycles. The first-order valence-electron chi connectivity index (χ1n) is 7.87. The molecule has 3 heterocycles. The highest BCUT2D eigenvalue weighted by atomic mass is 15.3. The van der Waals surface area contributed by atoms with Crippen molar-refractivity contribution in [3.63, 3.8) is 0 Å². The molecule has 3 atom stereocenters. The molecule has 2 aliphatic heterocycles. The molecule has 2 saturated heterocycles. The van der Waals surface area contributed by atoms with Gasteiger partial charge in [-0.1, -0.05) is 6.92 Å². The number of anilines is 1. The second-order valence-electron chi connectivity index (χ2n) is 6.24. The van der Waals surface area contributed by atoms with Gasteiger partial charge in [-0.25, -0.2) is 0 Å². The van der Waals surface area contributed by atoms with E-state index in [-0.39, 0.29) is 6.04 Å². The Hall–Kier alpha value is -1.13. The van der Waals surface area contributed by atoms with E-state index in [2.05, 4.69) is 40.9 Å². The van der Waals surface area contributed by atoms with E-state index in [4.69, 9.17) is 5.73 Å². The molecule has 1 aromatic rings. The second-order valence-corrected chi connectivity index (χ2v) is 6.24. The molecule has 2 aliphatic rings. The van der Waals surface area contributed by atoms with Gasteiger partial charge in [0.2, 0.25) is 0 Å². The lowest BCUT2D eigenvalue weighted by molar-refractivity contribution is 0.254. The number of nitrogens with two attached hydrogens (primary N) is 1. The molecule has 1 aromatic heterocycles. The molecule has 0 spiro atoms. The molecule has 4 nitrogen and oxygen atoms in total. The second kappa shape index (κ2) is 5.70. The van der Waals surface area contributed by atoms with Crippen molar-refractivity contribution in [2.75, 3.05) is 25.0 Å². The summed E-state index contributed by atoms with van der Waals surface area (Å²) >= 11 is 0. The molecule has 0 aromatic carbocycles. The summed E-state index contributed by atoms with van der Waals surface area (Å²) < 4.78 is 0. The van der Waals surface area contributed by atoms with E-state index in [1.807, 2.05) is 6.20 Å². The maximum Gasteiger partial charge on any atom is 0.0572 e. The van der Waals surface area contributed by atoms with Gasteiger partial charge in [0.05, 0.1) is 17.6 Å². The lowest BCUT2D eigenvalue weighted by Crippen LogP contribution is -2.36. The minimum absolute atomic E-state index is 0.0651. The van der Waals surface area contributed by atoms with Gasteiger partial charge in [-0.2, -0.15) is 0 Å². The highest BCUT2D eigenvalue weighted by Gasteiger charge is 2.34. The highest BCUT2D eigenvalue weighted by molar-refractivity contribution is 5.45. The molecular weight excluding hydrogens is 248 g/mol. The van der Waals surface area contributed by atoms with E-state index < -0.39 is 0 Å². The molecule has 110 valence electrons. The predicted octanol–water partition coefficient (Wildman–Crippen LogP) is 2.16. The molecule has 20 heavy (non-hydrogen) atoms. The number of nitrogens with zero attached hydrogens (tertiary/aromatic N) is 3. The fourth-order valence-corrected chi connectivity index (χ4v) is 3.56. The number of pyridine rings is 1. The Bertz CT molecular complexity index is 444. The summed E-state index contributed by atoms with van der Waals surface area (Å²) in [6.45, 7) is 4.38. The lowest BCUT2D eigenvalue weighted by atomic mass is 10.1. The number of likely N-dealkylation sites (N-methyl/N-ethyl adjacent to an activating group) is 1. The number of hydrogen-bond donors (Lipinski definition) is 1. The largest absolute Gasteiger partial charge is 0.369 e. The van der Waals surface area contributed by atoms with Crippen LogP contribution in [0.2, 0.25) is 0 Å². The third kappa shape index (κ3) is 2.54. The normalized spacial score (nSPS) is 28.4. The number of fused-ring (bicyclic) bond motifs is 2. The Morgan fingerprint density at radius 3 is 2.80 bits per heavy atom. The summed E-state index contributed by atoms with van der Waals surface area (Å²) in [5.41, 5.74) is 8.29. The van der Waals surface area contributed by atoms with E-state index in [0.29, 0.717) is 6.04 Å². The molecule has 2 bridgehead atoms. The smallest absolute Gasteiger partial charge is 0.0572 e. The van der Waals surface area contributed by atoms with Crippen LogP contribution in [0.3, 0.4) is 0 Å². The summed E-state index contributed by atoms with van der Waals surface area (Å²) in [5, 5.41) is 0. The third-order valence-electron chi connectivity index (χ3n) is 5.10. The van der Waals surface area contributed by atoms with Crippen LogP contribution in [0.25, 0.3) is 0 Å². The molecule has 2 N–H and O–H groups in total. The van der Waals surface area contributed by atoms with Crippen LogP contribution >= 0.6 is 0 Å². The van der Waals surface area contributed by atoms with Gasteiger partial charge in [0.15, 0.2) is 0 Å². The first-order valence-corrected chi connectivity index (χ1v) is 7.87. The van der Waals surface area contributed by atoms with Crippen LogP contribution < -0.4 is 10.6 Å². The summed E-state index contributed by atoms with van der Waals surface area (Å²) in [6, 6.07) is 5.84. The van der Waals surface area contributed by atoms with E-state index >= 15 is 0 Å². The van der Waals surface area contributed by atoms with Gasteiger partial charge in [0, 0.05) is 31.2 Å². The van der Waals surface area contributed by atoms with Gasteiger partial charge in [0.25, 0.3) is 0 Å². The van der Waals surface area contributed by atoms with Crippen LogP contribution in [0.4, 0.5) is 5.69 Å². The van der Waals surface area contributed by atoms with Gasteiger partial charge in [-0.05, 0) is 44.9 Å². The zero-order valence-corrected chi connectivity index (χ0v) is 12.6. The monoisotopic (exact) mass is 274 g/mol. The van der Waals surface area contributed by atoms with Gasteiger partial charge in [-0.3, -0.25) is 9.88 Å². The van der Waals surface area contributed by atoms with Crippen molar-refractivity contribution in [3.05, 3.63) is 24.0 Å². The first-order chi connectivity index (χ1) is 9.69. The van der Waals surface area contributed by atoms with E-state index in [9.17, 15) is 0 Å². The molecule has 2 fully saturated rings. The standard InChI is InChI=1S/C16H26N4/c1-3-15(17)16-7-6-13(10-18-16)20-9-8-12-4-5-14(11-20)19(12)2/h6-7,10,12,14-15H,3-5,8-9,11,17H2,1-2H3. The Balaban J connectivity index is 1.73. The maximum absolute atomic E-state index is 6.03. The number of aromatic nitrogens is 1. The molecule has 0 aliphatic carbocycles. The van der Waals surface area contributed by atoms with Crippen molar-refractivity contribution < 1.29 is 0 Å². The molecule has 3 rings (SSSR count).